The second-order valence-corrected chi connectivity index (χ2v) is 17.6. The highest BCUT2D eigenvalue weighted by Crippen LogP contribution is 2.17. The zero-order valence-corrected chi connectivity index (χ0v) is 38.7. The fourth-order valence-electron chi connectivity index (χ4n) is 7.75. The molecule has 0 heterocycles. The van der Waals surface area contributed by atoms with E-state index in [4.69, 9.17) is 5.73 Å². The fourth-order valence-corrected chi connectivity index (χ4v) is 7.75. The van der Waals surface area contributed by atoms with E-state index in [-0.39, 0.29) is 18.2 Å². The number of carbonyl (C=O) groups excluding carboxylic acids is 3. The molecule has 10 nitrogen and oxygen atoms in total. The number of hydrogen-bond donors (Lipinski definition) is 5. The number of carboxylic acids is 1. The molecule has 3 amide bonds. The topological polar surface area (TPSA) is 154 Å². The van der Waals surface area contributed by atoms with Gasteiger partial charge in [0.25, 0.3) is 0 Å². The summed E-state index contributed by atoms with van der Waals surface area (Å²) in [4.78, 5) is 54.1. The van der Waals surface area contributed by atoms with Crippen molar-refractivity contribution in [3.8, 4) is 0 Å². The summed E-state index contributed by atoms with van der Waals surface area (Å²) in [6.07, 6.45) is 36.8. The number of hydrogen-bond acceptors (Lipinski definition) is 6. The Morgan fingerprint density at radius 2 is 0.966 bits per heavy atom. The first-order chi connectivity index (χ1) is 28.1. The van der Waals surface area contributed by atoms with Gasteiger partial charge in [-0.2, -0.15) is 0 Å². The molecule has 0 saturated heterocycles. The van der Waals surface area contributed by atoms with Crippen LogP contribution in [0.3, 0.4) is 0 Å². The summed E-state index contributed by atoms with van der Waals surface area (Å²) in [6.45, 7) is 9.95. The van der Waals surface area contributed by atoms with E-state index >= 15 is 0 Å². The van der Waals surface area contributed by atoms with Crippen LogP contribution in [-0.2, 0) is 19.2 Å². The zero-order chi connectivity index (χ0) is 43.1. The standard InChI is InChI=1S/C48H95N5O5/c1-6-8-10-12-14-16-18-20-22-24-26-28-30-34-39-50-40-37-42(48(57)58)51-47(56)45(41(3)4)52-46(55)43(35-32-33-38-49)53(5)44(54)36-31-29-27-25-23-21-19-17-15-13-11-9-7-2/h41-43,45,50H,6-40,49H2,1-5H3,(H,51,56)(H,52,55)(H,57,58)/t42-,43-,45-/m0/s1. The van der Waals surface area contributed by atoms with Crippen LogP contribution in [0.25, 0.3) is 0 Å². The lowest BCUT2D eigenvalue weighted by atomic mass is 10.0. The Balaban J connectivity index is 4.63. The first-order valence-corrected chi connectivity index (χ1v) is 24.6. The van der Waals surface area contributed by atoms with Crippen molar-refractivity contribution < 1.29 is 24.3 Å². The van der Waals surface area contributed by atoms with E-state index in [2.05, 4.69) is 29.8 Å². The minimum atomic E-state index is -1.10. The molecule has 0 fully saturated rings. The number of nitrogens with zero attached hydrogens (tertiary/aromatic N) is 1. The van der Waals surface area contributed by atoms with Crippen LogP contribution in [0.15, 0.2) is 0 Å². The molecule has 0 aliphatic heterocycles. The van der Waals surface area contributed by atoms with Crippen molar-refractivity contribution >= 4 is 23.7 Å². The second-order valence-electron chi connectivity index (χ2n) is 17.6. The molecule has 6 N–H and O–H groups in total. The third-order valence-corrected chi connectivity index (χ3v) is 11.8. The number of likely N-dealkylation sites (N-methyl/N-ethyl adjacent to an activating group) is 1. The van der Waals surface area contributed by atoms with Crippen molar-refractivity contribution in [3.05, 3.63) is 0 Å². The summed E-state index contributed by atoms with van der Waals surface area (Å²) >= 11 is 0. The predicted molar refractivity (Wildman–Crippen MR) is 244 cm³/mol. The smallest absolute Gasteiger partial charge is 0.326 e. The number of nitrogens with two attached hydrogens (primary N) is 1. The van der Waals surface area contributed by atoms with Gasteiger partial charge in [-0.3, -0.25) is 14.4 Å². The summed E-state index contributed by atoms with van der Waals surface area (Å²) in [5.41, 5.74) is 5.74. The highest BCUT2D eigenvalue weighted by Gasteiger charge is 2.33. The normalized spacial score (nSPS) is 13.0. The van der Waals surface area contributed by atoms with Gasteiger partial charge in [-0.15, -0.1) is 0 Å². The summed E-state index contributed by atoms with van der Waals surface area (Å²) in [6, 6.07) is -2.73. The minimum absolute atomic E-state index is 0.0750. The Morgan fingerprint density at radius 3 is 1.38 bits per heavy atom. The lowest BCUT2D eigenvalue weighted by Gasteiger charge is -2.31. The summed E-state index contributed by atoms with van der Waals surface area (Å²) in [7, 11) is 1.67. The number of rotatable bonds is 43. The lowest BCUT2D eigenvalue weighted by molar-refractivity contribution is -0.143. The van der Waals surface area contributed by atoms with E-state index in [0.717, 1.165) is 45.1 Å². The molecule has 0 aromatic heterocycles. The van der Waals surface area contributed by atoms with Gasteiger partial charge in [0.2, 0.25) is 17.7 Å². The summed E-state index contributed by atoms with van der Waals surface area (Å²) in [5, 5.41) is 18.8. The Kier molecular flexibility index (Phi) is 38.7. The molecule has 342 valence electrons. The van der Waals surface area contributed by atoms with Crippen molar-refractivity contribution in [2.24, 2.45) is 11.7 Å². The highest BCUT2D eigenvalue weighted by atomic mass is 16.4. The van der Waals surface area contributed by atoms with Gasteiger partial charge in [-0.05, 0) is 64.1 Å². The molecule has 0 bridgehead atoms. The summed E-state index contributed by atoms with van der Waals surface area (Å²) in [5.74, 6) is -2.38. The molecule has 58 heavy (non-hydrogen) atoms. The molecule has 10 heteroatoms. The number of carbonyl (C=O) groups is 4. The average molecular weight is 822 g/mol. The van der Waals surface area contributed by atoms with Gasteiger partial charge in [0.05, 0.1) is 0 Å². The molecule has 0 rings (SSSR count). The molecule has 3 atom stereocenters. The quantitative estimate of drug-likeness (QED) is 0.0384. The molecule has 0 radical (unpaired) electrons. The van der Waals surface area contributed by atoms with Crippen molar-refractivity contribution in [2.75, 3.05) is 26.7 Å². The minimum Gasteiger partial charge on any atom is -0.480 e. The first kappa shape index (κ1) is 55.8. The molecule has 0 saturated carbocycles. The first-order valence-electron chi connectivity index (χ1n) is 24.6. The largest absolute Gasteiger partial charge is 0.480 e. The van der Waals surface area contributed by atoms with E-state index < -0.39 is 35.9 Å². The van der Waals surface area contributed by atoms with Crippen LogP contribution in [0.5, 0.6) is 0 Å². The third kappa shape index (κ3) is 31.7. The van der Waals surface area contributed by atoms with E-state index in [1.165, 1.54) is 146 Å². The Labute approximate surface area is 357 Å². The maximum absolute atomic E-state index is 13.7. The van der Waals surface area contributed by atoms with Gasteiger partial charge < -0.3 is 31.7 Å². The number of carboxylic acid groups (broad SMARTS) is 1. The second kappa shape index (κ2) is 40.2. The number of aliphatic carboxylic acids is 1. The Morgan fingerprint density at radius 1 is 0.534 bits per heavy atom. The van der Waals surface area contributed by atoms with Crippen LogP contribution in [0.4, 0.5) is 0 Å². The molecule has 0 aromatic carbocycles. The van der Waals surface area contributed by atoms with Crippen LogP contribution >= 0.6 is 0 Å². The highest BCUT2D eigenvalue weighted by molar-refractivity contribution is 5.93. The SMILES string of the molecule is CCCCCCCCCCCCCCCCNCC[C@H](NC(=O)[C@@H](NC(=O)[C@H](CCCCN)N(C)C(=O)CCCCCCCCCCCCCCC)C(C)C)C(=O)O. The monoisotopic (exact) mass is 822 g/mol. The van der Waals surface area contributed by atoms with Crippen LogP contribution in [0, 0.1) is 5.92 Å². The molecule has 0 spiro atoms. The lowest BCUT2D eigenvalue weighted by Crippen LogP contribution is -2.57. The van der Waals surface area contributed by atoms with Crippen molar-refractivity contribution in [3.63, 3.8) is 0 Å². The van der Waals surface area contributed by atoms with Gasteiger partial charge >= 0.3 is 5.97 Å². The Bertz CT molecular complexity index is 996. The number of nitrogens with one attached hydrogen (secondary N) is 3. The summed E-state index contributed by atoms with van der Waals surface area (Å²) < 4.78 is 0. The molecular weight excluding hydrogens is 727 g/mol. The van der Waals surface area contributed by atoms with Gasteiger partial charge in [0.1, 0.15) is 18.1 Å². The third-order valence-electron chi connectivity index (χ3n) is 11.8. The Hall–Kier alpha value is -2.20. The van der Waals surface area contributed by atoms with Crippen LogP contribution < -0.4 is 21.7 Å². The molecule has 0 unspecified atom stereocenters. The van der Waals surface area contributed by atoms with E-state index in [1.807, 2.05) is 13.8 Å². The number of amides is 3. The van der Waals surface area contributed by atoms with Gasteiger partial charge in [0.15, 0.2) is 0 Å². The van der Waals surface area contributed by atoms with E-state index in [9.17, 15) is 24.3 Å². The average Bonchev–Trinajstić information content (AvgIpc) is 3.20. The maximum atomic E-state index is 13.7. The molecular formula is C48H95N5O5. The van der Waals surface area contributed by atoms with E-state index in [0.29, 0.717) is 32.4 Å². The van der Waals surface area contributed by atoms with Crippen molar-refractivity contribution in [1.29, 1.82) is 0 Å². The van der Waals surface area contributed by atoms with Crippen LogP contribution in [0.1, 0.15) is 233 Å². The van der Waals surface area contributed by atoms with Gasteiger partial charge in [-0.25, -0.2) is 4.79 Å². The van der Waals surface area contributed by atoms with Gasteiger partial charge in [-0.1, -0.05) is 188 Å². The molecule has 0 aliphatic carbocycles. The van der Waals surface area contributed by atoms with Crippen LogP contribution in [0.2, 0.25) is 0 Å². The van der Waals surface area contributed by atoms with E-state index in [1.54, 1.807) is 7.05 Å². The van der Waals surface area contributed by atoms with Crippen LogP contribution in [-0.4, -0.2) is 78.5 Å². The molecule has 0 aromatic rings. The van der Waals surface area contributed by atoms with Crippen molar-refractivity contribution in [1.82, 2.24) is 20.9 Å². The fraction of sp³-hybridized carbons (Fsp3) is 0.917. The molecule has 0 aliphatic rings. The predicted octanol–water partition coefficient (Wildman–Crippen LogP) is 10.6. The van der Waals surface area contributed by atoms with Crippen molar-refractivity contribution in [2.45, 2.75) is 251 Å². The number of unbranched alkanes of at least 4 members (excludes halogenated alkanes) is 26. The maximum Gasteiger partial charge on any atom is 0.326 e. The zero-order valence-electron chi connectivity index (χ0n) is 38.7. The van der Waals surface area contributed by atoms with Gasteiger partial charge in [0, 0.05) is 13.5 Å².